The van der Waals surface area contributed by atoms with Crippen molar-refractivity contribution in [1.29, 1.82) is 0 Å². The first-order valence-electron chi connectivity index (χ1n) is 9.21. The zero-order valence-electron chi connectivity index (χ0n) is 15.4. The van der Waals surface area contributed by atoms with E-state index in [4.69, 9.17) is 5.73 Å². The van der Waals surface area contributed by atoms with Gasteiger partial charge in [0.15, 0.2) is 5.13 Å². The Labute approximate surface area is 167 Å². The van der Waals surface area contributed by atoms with Crippen molar-refractivity contribution in [1.82, 2.24) is 9.88 Å². The smallest absolute Gasteiger partial charge is 0.266 e. The zero-order valence-corrected chi connectivity index (χ0v) is 16.2. The SMILES string of the molecule is Nc1nc(-c2ccccc2)c(C(=O)N2CCN(c3cccc(CO)c3)CC2)s1. The molecule has 0 bridgehead atoms. The Bertz CT molecular complexity index is 966. The average molecular weight is 395 g/mol. The van der Waals surface area contributed by atoms with Gasteiger partial charge in [-0.25, -0.2) is 4.98 Å². The molecule has 144 valence electrons. The van der Waals surface area contributed by atoms with Crippen molar-refractivity contribution in [2.24, 2.45) is 0 Å². The molecule has 7 heteroatoms. The number of thiazole rings is 1. The number of aromatic nitrogens is 1. The van der Waals surface area contributed by atoms with Gasteiger partial charge in [-0.1, -0.05) is 53.8 Å². The van der Waals surface area contributed by atoms with E-state index in [2.05, 4.69) is 9.88 Å². The number of amides is 1. The van der Waals surface area contributed by atoms with Crippen LogP contribution in [0.2, 0.25) is 0 Å². The summed E-state index contributed by atoms with van der Waals surface area (Å²) in [6, 6.07) is 17.6. The standard InChI is InChI=1S/C21H22N4O2S/c22-21-23-18(16-6-2-1-3-7-16)19(28-21)20(27)25-11-9-24(10-12-25)17-8-4-5-15(13-17)14-26/h1-8,13,26H,9-12,14H2,(H2,22,23). The van der Waals surface area contributed by atoms with Gasteiger partial charge in [0.05, 0.1) is 12.3 Å². The highest BCUT2D eigenvalue weighted by Crippen LogP contribution is 2.31. The first-order chi connectivity index (χ1) is 13.7. The number of aliphatic hydroxyl groups is 1. The normalized spacial score (nSPS) is 14.3. The summed E-state index contributed by atoms with van der Waals surface area (Å²) in [6.45, 7) is 2.79. The minimum Gasteiger partial charge on any atom is -0.392 e. The van der Waals surface area contributed by atoms with Crippen LogP contribution in [0.1, 0.15) is 15.2 Å². The third-order valence-corrected chi connectivity index (χ3v) is 5.78. The van der Waals surface area contributed by atoms with Crippen molar-refractivity contribution in [3.63, 3.8) is 0 Å². The number of anilines is 2. The highest BCUT2D eigenvalue weighted by molar-refractivity contribution is 7.17. The van der Waals surface area contributed by atoms with Crippen LogP contribution in [-0.2, 0) is 6.61 Å². The summed E-state index contributed by atoms with van der Waals surface area (Å²) >= 11 is 1.25. The van der Waals surface area contributed by atoms with Crippen LogP contribution in [0, 0.1) is 0 Å². The fourth-order valence-corrected chi connectivity index (χ4v) is 4.26. The first kappa shape index (κ1) is 18.5. The molecule has 4 rings (SSSR count). The molecule has 6 nitrogen and oxygen atoms in total. The molecule has 2 heterocycles. The lowest BCUT2D eigenvalue weighted by Crippen LogP contribution is -2.48. The van der Waals surface area contributed by atoms with Gasteiger partial charge in [0.1, 0.15) is 4.88 Å². The number of aliphatic hydroxyl groups excluding tert-OH is 1. The van der Waals surface area contributed by atoms with E-state index in [1.54, 1.807) is 0 Å². The summed E-state index contributed by atoms with van der Waals surface area (Å²) in [5.41, 5.74) is 9.44. The minimum absolute atomic E-state index is 0.0168. The van der Waals surface area contributed by atoms with Crippen LogP contribution in [0.3, 0.4) is 0 Å². The second kappa shape index (κ2) is 8.00. The van der Waals surface area contributed by atoms with Crippen molar-refractivity contribution < 1.29 is 9.90 Å². The quantitative estimate of drug-likeness (QED) is 0.711. The molecule has 1 saturated heterocycles. The number of benzene rings is 2. The van der Waals surface area contributed by atoms with E-state index < -0.39 is 0 Å². The Hall–Kier alpha value is -2.90. The van der Waals surface area contributed by atoms with Gasteiger partial charge in [0.25, 0.3) is 5.91 Å². The zero-order chi connectivity index (χ0) is 19.5. The number of rotatable bonds is 4. The van der Waals surface area contributed by atoms with Crippen LogP contribution >= 0.6 is 11.3 Å². The molecule has 1 fully saturated rings. The maximum absolute atomic E-state index is 13.1. The topological polar surface area (TPSA) is 82.7 Å². The van der Waals surface area contributed by atoms with E-state index in [-0.39, 0.29) is 12.5 Å². The second-order valence-electron chi connectivity index (χ2n) is 6.70. The van der Waals surface area contributed by atoms with Crippen molar-refractivity contribution >= 4 is 28.1 Å². The molecule has 0 unspecified atom stereocenters. The van der Waals surface area contributed by atoms with Crippen molar-refractivity contribution in [3.8, 4) is 11.3 Å². The Morgan fingerprint density at radius 2 is 1.82 bits per heavy atom. The fourth-order valence-electron chi connectivity index (χ4n) is 3.44. The first-order valence-corrected chi connectivity index (χ1v) is 10.0. The van der Waals surface area contributed by atoms with E-state index in [0.717, 1.165) is 29.9 Å². The average Bonchev–Trinajstić information content (AvgIpc) is 3.15. The van der Waals surface area contributed by atoms with Gasteiger partial charge in [-0.05, 0) is 17.7 Å². The van der Waals surface area contributed by atoms with Gasteiger partial charge < -0.3 is 20.6 Å². The number of hydrogen-bond donors (Lipinski definition) is 2. The third-order valence-electron chi connectivity index (χ3n) is 4.91. The van der Waals surface area contributed by atoms with Crippen LogP contribution in [-0.4, -0.2) is 47.1 Å². The fraction of sp³-hybridized carbons (Fsp3) is 0.238. The maximum Gasteiger partial charge on any atom is 0.266 e. The van der Waals surface area contributed by atoms with Crippen LogP contribution < -0.4 is 10.6 Å². The van der Waals surface area contributed by atoms with Crippen molar-refractivity contribution in [2.75, 3.05) is 36.8 Å². The molecular formula is C21H22N4O2S. The van der Waals surface area contributed by atoms with Crippen molar-refractivity contribution in [3.05, 3.63) is 65.0 Å². The molecule has 1 aliphatic heterocycles. The van der Waals surface area contributed by atoms with Crippen LogP contribution in [0.5, 0.6) is 0 Å². The van der Waals surface area contributed by atoms with Crippen LogP contribution in [0.15, 0.2) is 54.6 Å². The van der Waals surface area contributed by atoms with Gasteiger partial charge in [0.2, 0.25) is 0 Å². The molecule has 0 atom stereocenters. The highest BCUT2D eigenvalue weighted by atomic mass is 32.1. The van der Waals surface area contributed by atoms with Gasteiger partial charge in [-0.3, -0.25) is 4.79 Å². The van der Waals surface area contributed by atoms with E-state index in [9.17, 15) is 9.90 Å². The maximum atomic E-state index is 13.1. The third kappa shape index (κ3) is 3.72. The van der Waals surface area contributed by atoms with Crippen LogP contribution in [0.25, 0.3) is 11.3 Å². The molecule has 1 amide bonds. The minimum atomic E-state index is -0.0168. The van der Waals surface area contributed by atoms with E-state index in [1.165, 1.54) is 11.3 Å². The predicted molar refractivity (Wildman–Crippen MR) is 112 cm³/mol. The van der Waals surface area contributed by atoms with E-state index in [0.29, 0.717) is 28.8 Å². The largest absolute Gasteiger partial charge is 0.392 e. The molecule has 1 aliphatic rings. The number of carbonyl (C=O) groups is 1. The number of hydrogen-bond acceptors (Lipinski definition) is 6. The number of nitrogens with two attached hydrogens (primary N) is 1. The summed E-state index contributed by atoms with van der Waals surface area (Å²) in [7, 11) is 0. The summed E-state index contributed by atoms with van der Waals surface area (Å²) in [5, 5.41) is 9.74. The molecule has 3 aromatic rings. The van der Waals surface area contributed by atoms with Gasteiger partial charge in [0, 0.05) is 37.4 Å². The number of piperazine rings is 1. The Morgan fingerprint density at radius 3 is 2.54 bits per heavy atom. The Morgan fingerprint density at radius 1 is 1.07 bits per heavy atom. The Balaban J connectivity index is 1.49. The van der Waals surface area contributed by atoms with Gasteiger partial charge in [-0.2, -0.15) is 0 Å². The summed E-state index contributed by atoms with van der Waals surface area (Å²) in [6.07, 6.45) is 0. The lowest BCUT2D eigenvalue weighted by Gasteiger charge is -2.36. The molecule has 3 N–H and O–H groups in total. The highest BCUT2D eigenvalue weighted by Gasteiger charge is 2.27. The van der Waals surface area contributed by atoms with Crippen molar-refractivity contribution in [2.45, 2.75) is 6.61 Å². The molecule has 0 saturated carbocycles. The molecule has 2 aromatic carbocycles. The second-order valence-corrected chi connectivity index (χ2v) is 7.73. The molecule has 28 heavy (non-hydrogen) atoms. The number of nitrogens with zero attached hydrogens (tertiary/aromatic N) is 3. The lowest BCUT2D eigenvalue weighted by atomic mass is 10.1. The van der Waals surface area contributed by atoms with Gasteiger partial charge in [-0.15, -0.1) is 0 Å². The molecular weight excluding hydrogens is 372 g/mol. The van der Waals surface area contributed by atoms with Crippen LogP contribution in [0.4, 0.5) is 10.8 Å². The summed E-state index contributed by atoms with van der Waals surface area (Å²) in [4.78, 5) is 22.2. The van der Waals surface area contributed by atoms with E-state index in [1.807, 2.05) is 59.5 Å². The number of carbonyl (C=O) groups excluding carboxylic acids is 1. The Kier molecular flexibility index (Phi) is 5.27. The molecule has 1 aromatic heterocycles. The predicted octanol–water partition coefficient (Wildman–Crippen LogP) is 2.85. The van der Waals surface area contributed by atoms with E-state index >= 15 is 0 Å². The molecule has 0 radical (unpaired) electrons. The monoisotopic (exact) mass is 394 g/mol. The summed E-state index contributed by atoms with van der Waals surface area (Å²) in [5.74, 6) is -0.0168. The number of nitrogen functional groups attached to an aromatic ring is 1. The summed E-state index contributed by atoms with van der Waals surface area (Å²) < 4.78 is 0. The lowest BCUT2D eigenvalue weighted by molar-refractivity contribution is 0.0752. The molecule has 0 aliphatic carbocycles. The van der Waals surface area contributed by atoms with Gasteiger partial charge >= 0.3 is 0 Å². The molecule has 0 spiro atoms.